The second-order valence-electron chi connectivity index (χ2n) is 4.58. The third-order valence-electron chi connectivity index (χ3n) is 2.95. The Morgan fingerprint density at radius 1 is 1.21 bits per heavy atom. The topological polar surface area (TPSA) is 96.0 Å². The minimum atomic E-state index is -0.723. The van der Waals surface area contributed by atoms with Crippen LogP contribution in [0.3, 0.4) is 0 Å². The highest BCUT2D eigenvalue weighted by atomic mass is 35.5. The molecule has 0 aliphatic carbocycles. The van der Waals surface area contributed by atoms with Crippen molar-refractivity contribution >= 4 is 46.6 Å². The second-order valence-corrected chi connectivity index (χ2v) is 5.39. The lowest BCUT2D eigenvalue weighted by Gasteiger charge is -2.08. The molecule has 0 saturated heterocycles. The van der Waals surface area contributed by atoms with Gasteiger partial charge in [-0.15, -0.1) is 0 Å². The van der Waals surface area contributed by atoms with Crippen molar-refractivity contribution in [2.24, 2.45) is 0 Å². The molecule has 120 valence electrons. The van der Waals surface area contributed by atoms with E-state index in [0.29, 0.717) is 5.56 Å². The van der Waals surface area contributed by atoms with E-state index in [2.05, 4.69) is 5.32 Å². The Morgan fingerprint density at radius 3 is 2.29 bits per heavy atom. The molecule has 2 rings (SSSR count). The Morgan fingerprint density at radius 2 is 1.79 bits per heavy atom. The summed E-state index contributed by atoms with van der Waals surface area (Å²) < 4.78 is 0. The average Bonchev–Trinajstić information content (AvgIpc) is 2.56. The Bertz CT molecular complexity index is 851. The summed E-state index contributed by atoms with van der Waals surface area (Å²) in [6.07, 6.45) is 1.41. The van der Waals surface area contributed by atoms with Crippen LogP contribution in [0.15, 0.2) is 48.0 Å². The molecule has 2 aromatic carbocycles. The van der Waals surface area contributed by atoms with Gasteiger partial charge < -0.3 is 5.32 Å². The van der Waals surface area contributed by atoms with Crippen molar-refractivity contribution in [3.05, 3.63) is 73.8 Å². The Balaban J connectivity index is 2.31. The van der Waals surface area contributed by atoms with Crippen molar-refractivity contribution in [3.8, 4) is 6.07 Å². The lowest BCUT2D eigenvalue weighted by Crippen LogP contribution is -2.14. The minimum absolute atomic E-state index is 0.00291. The smallest absolute Gasteiger partial charge is 0.272 e. The van der Waals surface area contributed by atoms with Crippen molar-refractivity contribution in [2.75, 3.05) is 5.32 Å². The molecule has 0 fully saturated rings. The molecule has 1 N–H and O–H groups in total. The molecule has 0 unspecified atom stereocenters. The van der Waals surface area contributed by atoms with Crippen LogP contribution >= 0.6 is 23.2 Å². The van der Waals surface area contributed by atoms with Gasteiger partial charge >= 0.3 is 0 Å². The summed E-state index contributed by atoms with van der Waals surface area (Å²) in [7, 11) is 0. The molecule has 24 heavy (non-hydrogen) atoms. The maximum atomic E-state index is 12.2. The molecule has 0 aromatic heterocycles. The van der Waals surface area contributed by atoms with Gasteiger partial charge in [0.25, 0.3) is 11.6 Å². The van der Waals surface area contributed by atoms with Gasteiger partial charge in [0.2, 0.25) is 0 Å². The normalized spacial score (nSPS) is 10.8. The number of nitro benzene ring substituents is 1. The van der Waals surface area contributed by atoms with E-state index < -0.39 is 10.8 Å². The van der Waals surface area contributed by atoms with Gasteiger partial charge in [-0.25, -0.2) is 0 Å². The van der Waals surface area contributed by atoms with E-state index in [9.17, 15) is 14.9 Å². The first-order chi connectivity index (χ1) is 11.4. The van der Waals surface area contributed by atoms with Crippen molar-refractivity contribution < 1.29 is 9.72 Å². The number of benzene rings is 2. The molecule has 0 heterocycles. The van der Waals surface area contributed by atoms with Crippen molar-refractivity contribution in [1.29, 1.82) is 5.26 Å². The fourth-order valence-electron chi connectivity index (χ4n) is 1.83. The minimum Gasteiger partial charge on any atom is -0.319 e. The fraction of sp³-hybridized carbons (Fsp3) is 0. The van der Waals surface area contributed by atoms with Gasteiger partial charge in [-0.2, -0.15) is 5.26 Å². The number of nitro groups is 1. The number of amides is 1. The third-order valence-corrected chi connectivity index (χ3v) is 3.55. The zero-order valence-electron chi connectivity index (χ0n) is 12.0. The van der Waals surface area contributed by atoms with Gasteiger partial charge in [0, 0.05) is 12.1 Å². The van der Waals surface area contributed by atoms with Crippen LogP contribution in [-0.2, 0) is 4.79 Å². The lowest BCUT2D eigenvalue weighted by molar-refractivity contribution is -0.384. The largest absolute Gasteiger partial charge is 0.319 e. The van der Waals surface area contributed by atoms with Gasteiger partial charge in [0.05, 0.1) is 20.7 Å². The number of carbonyl (C=O) groups is 1. The van der Waals surface area contributed by atoms with Gasteiger partial charge in [-0.05, 0) is 11.6 Å². The summed E-state index contributed by atoms with van der Waals surface area (Å²) in [6, 6.07) is 12.7. The van der Waals surface area contributed by atoms with Crippen LogP contribution in [-0.4, -0.2) is 10.8 Å². The monoisotopic (exact) mass is 361 g/mol. The van der Waals surface area contributed by atoms with Crippen molar-refractivity contribution in [3.63, 3.8) is 0 Å². The van der Waals surface area contributed by atoms with E-state index in [-0.39, 0.29) is 27.0 Å². The maximum absolute atomic E-state index is 12.2. The lowest BCUT2D eigenvalue weighted by atomic mass is 10.1. The van der Waals surface area contributed by atoms with E-state index in [1.54, 1.807) is 36.4 Å². The molecule has 0 spiro atoms. The molecule has 6 nitrogen and oxygen atoms in total. The number of non-ortho nitro benzene ring substituents is 1. The predicted molar refractivity (Wildman–Crippen MR) is 91.8 cm³/mol. The quantitative estimate of drug-likeness (QED) is 0.376. The first-order valence-electron chi connectivity index (χ1n) is 6.54. The maximum Gasteiger partial charge on any atom is 0.272 e. The highest BCUT2D eigenvalue weighted by molar-refractivity contribution is 6.40. The summed E-state index contributed by atoms with van der Waals surface area (Å²) >= 11 is 11.8. The summed E-state index contributed by atoms with van der Waals surface area (Å²) in [5.41, 5.74) is 0.211. The number of nitriles is 1. The first kappa shape index (κ1) is 17.5. The predicted octanol–water partition coefficient (Wildman–Crippen LogP) is 4.45. The molecule has 0 aliphatic rings. The number of halogens is 2. The average molecular weight is 362 g/mol. The molecular weight excluding hydrogens is 353 g/mol. The van der Waals surface area contributed by atoms with Crippen LogP contribution < -0.4 is 5.32 Å². The van der Waals surface area contributed by atoms with Crippen LogP contribution in [0.1, 0.15) is 5.56 Å². The molecule has 0 atom stereocenters. The highest BCUT2D eigenvalue weighted by Crippen LogP contribution is 2.34. The van der Waals surface area contributed by atoms with E-state index in [1.807, 2.05) is 0 Å². The van der Waals surface area contributed by atoms with Gasteiger partial charge in [-0.3, -0.25) is 14.9 Å². The number of hydrogen-bond donors (Lipinski definition) is 1. The Hall–Kier alpha value is -2.88. The molecule has 0 bridgehead atoms. The fourth-order valence-corrected chi connectivity index (χ4v) is 2.40. The summed E-state index contributed by atoms with van der Waals surface area (Å²) in [5, 5.41) is 22.1. The van der Waals surface area contributed by atoms with Gasteiger partial charge in [0.1, 0.15) is 11.6 Å². The molecule has 0 aliphatic heterocycles. The number of rotatable bonds is 4. The number of carbonyl (C=O) groups excluding carboxylic acids is 1. The highest BCUT2D eigenvalue weighted by Gasteiger charge is 2.18. The van der Waals surface area contributed by atoms with Gasteiger partial charge in [-0.1, -0.05) is 53.5 Å². The van der Waals surface area contributed by atoms with Crippen molar-refractivity contribution in [2.45, 2.75) is 0 Å². The van der Waals surface area contributed by atoms with Crippen LogP contribution in [0.5, 0.6) is 0 Å². The number of nitrogens with one attached hydrogen (secondary N) is 1. The molecule has 1 amide bonds. The zero-order chi connectivity index (χ0) is 17.7. The summed E-state index contributed by atoms with van der Waals surface area (Å²) in [6.45, 7) is 0. The van der Waals surface area contributed by atoms with Crippen LogP contribution in [0, 0.1) is 21.4 Å². The Labute approximate surface area is 147 Å². The number of anilines is 1. The standard InChI is InChI=1S/C16H9Cl2N3O3/c17-13-7-12(21(23)24)8-14(18)15(13)20-16(22)11(9-19)6-10-4-2-1-3-5-10/h1-8H,(H,20,22)/b11-6+. The summed E-state index contributed by atoms with van der Waals surface area (Å²) in [5.74, 6) is -0.723. The van der Waals surface area contributed by atoms with E-state index in [0.717, 1.165) is 12.1 Å². The molecule has 2 aromatic rings. The SMILES string of the molecule is N#C/C(=C\c1ccccc1)C(=O)Nc1c(Cl)cc([N+](=O)[O-])cc1Cl. The molecule has 0 radical (unpaired) electrons. The molecular formula is C16H9Cl2N3O3. The third kappa shape index (κ3) is 4.10. The second kappa shape index (κ2) is 7.59. The van der Waals surface area contributed by atoms with Crippen molar-refractivity contribution in [1.82, 2.24) is 0 Å². The first-order valence-corrected chi connectivity index (χ1v) is 7.29. The Kier molecular flexibility index (Phi) is 5.53. The molecule has 8 heteroatoms. The molecule has 0 saturated carbocycles. The zero-order valence-corrected chi connectivity index (χ0v) is 13.5. The number of hydrogen-bond acceptors (Lipinski definition) is 4. The number of nitrogens with zero attached hydrogens (tertiary/aromatic N) is 2. The van der Waals surface area contributed by atoms with E-state index in [4.69, 9.17) is 28.5 Å². The van der Waals surface area contributed by atoms with E-state index >= 15 is 0 Å². The van der Waals surface area contributed by atoms with Crippen LogP contribution in [0.2, 0.25) is 10.0 Å². The van der Waals surface area contributed by atoms with E-state index in [1.165, 1.54) is 6.08 Å². The summed E-state index contributed by atoms with van der Waals surface area (Å²) in [4.78, 5) is 22.3. The van der Waals surface area contributed by atoms with Crippen LogP contribution in [0.4, 0.5) is 11.4 Å². The van der Waals surface area contributed by atoms with Gasteiger partial charge in [0.15, 0.2) is 0 Å². The van der Waals surface area contributed by atoms with Crippen LogP contribution in [0.25, 0.3) is 6.08 Å².